The molecule has 0 aliphatic carbocycles. The van der Waals surface area contributed by atoms with Crippen molar-refractivity contribution in [3.05, 3.63) is 52.8 Å². The predicted octanol–water partition coefficient (Wildman–Crippen LogP) is 2.94. The smallest absolute Gasteiger partial charge is 0.272 e. The topological polar surface area (TPSA) is 65.2 Å². The van der Waals surface area contributed by atoms with Crippen LogP contribution in [0.25, 0.3) is 0 Å². The fraction of sp³-hybridized carbons (Fsp3) is 0.500. The van der Waals surface area contributed by atoms with Crippen molar-refractivity contribution in [2.75, 3.05) is 26.2 Å². The van der Waals surface area contributed by atoms with Gasteiger partial charge in [0.05, 0.1) is 17.3 Å². The summed E-state index contributed by atoms with van der Waals surface area (Å²) < 4.78 is 1.71. The van der Waals surface area contributed by atoms with Crippen LogP contribution in [0.2, 0.25) is 0 Å². The zero-order valence-electron chi connectivity index (χ0n) is 17.3. The number of hydrogen-bond acceptors (Lipinski definition) is 4. The third kappa shape index (κ3) is 4.60. The Morgan fingerprint density at radius 1 is 1.18 bits per heavy atom. The van der Waals surface area contributed by atoms with Gasteiger partial charge in [-0.15, -0.1) is 0 Å². The molecule has 148 valence electrons. The number of aromatic nitrogens is 2. The highest BCUT2D eigenvalue weighted by Crippen LogP contribution is 2.22. The maximum Gasteiger partial charge on any atom is 0.272 e. The molecule has 0 N–H and O–H groups in total. The van der Waals surface area contributed by atoms with E-state index in [0.29, 0.717) is 17.8 Å². The second-order valence-electron chi connectivity index (χ2n) is 8.52. The Kier molecular flexibility index (Phi) is 5.85. The molecule has 1 aliphatic heterocycles. The number of carbonyl (C=O) groups excluding carboxylic acids is 1. The quantitative estimate of drug-likeness (QED) is 0.822. The molecule has 1 aliphatic rings. The molecular formula is C22H29N5O. The number of hydrogen-bond donors (Lipinski definition) is 0. The molecule has 3 rings (SSSR count). The van der Waals surface area contributed by atoms with Crippen LogP contribution in [-0.4, -0.2) is 51.7 Å². The lowest BCUT2D eigenvalue weighted by Gasteiger charge is -2.22. The molecule has 0 atom stereocenters. The van der Waals surface area contributed by atoms with Gasteiger partial charge in [-0.25, -0.2) is 0 Å². The van der Waals surface area contributed by atoms with Gasteiger partial charge in [-0.3, -0.25) is 14.4 Å². The van der Waals surface area contributed by atoms with Crippen molar-refractivity contribution in [1.29, 1.82) is 5.26 Å². The minimum Gasteiger partial charge on any atom is -0.336 e. The Morgan fingerprint density at radius 2 is 1.96 bits per heavy atom. The lowest BCUT2D eigenvalue weighted by molar-refractivity contribution is 0.0750. The van der Waals surface area contributed by atoms with E-state index in [1.54, 1.807) is 4.68 Å². The van der Waals surface area contributed by atoms with Gasteiger partial charge in [0, 0.05) is 45.2 Å². The van der Waals surface area contributed by atoms with E-state index in [9.17, 15) is 4.79 Å². The number of nitriles is 1. The molecule has 0 saturated carbocycles. The Labute approximate surface area is 167 Å². The van der Waals surface area contributed by atoms with Crippen LogP contribution in [0.5, 0.6) is 0 Å². The summed E-state index contributed by atoms with van der Waals surface area (Å²) in [7, 11) is 1.84. The van der Waals surface area contributed by atoms with E-state index in [0.717, 1.165) is 43.9 Å². The highest BCUT2D eigenvalue weighted by atomic mass is 16.2. The van der Waals surface area contributed by atoms with Crippen molar-refractivity contribution in [3.63, 3.8) is 0 Å². The maximum absolute atomic E-state index is 13.1. The van der Waals surface area contributed by atoms with Crippen LogP contribution in [0.15, 0.2) is 30.3 Å². The Bertz CT molecular complexity index is 887. The van der Waals surface area contributed by atoms with E-state index in [1.807, 2.05) is 36.2 Å². The average molecular weight is 380 g/mol. The van der Waals surface area contributed by atoms with Crippen LogP contribution in [0.4, 0.5) is 0 Å². The van der Waals surface area contributed by atoms with Crippen LogP contribution >= 0.6 is 0 Å². The van der Waals surface area contributed by atoms with Crippen LogP contribution in [0.1, 0.15) is 54.5 Å². The molecule has 28 heavy (non-hydrogen) atoms. The van der Waals surface area contributed by atoms with Crippen LogP contribution < -0.4 is 0 Å². The van der Waals surface area contributed by atoms with Gasteiger partial charge in [-0.2, -0.15) is 10.4 Å². The van der Waals surface area contributed by atoms with E-state index < -0.39 is 0 Å². The van der Waals surface area contributed by atoms with Crippen molar-refractivity contribution < 1.29 is 4.79 Å². The van der Waals surface area contributed by atoms with Gasteiger partial charge < -0.3 is 4.90 Å². The molecule has 0 unspecified atom stereocenters. The summed E-state index contributed by atoms with van der Waals surface area (Å²) in [4.78, 5) is 17.4. The summed E-state index contributed by atoms with van der Waals surface area (Å²) in [5, 5.41) is 13.6. The molecule has 1 amide bonds. The summed E-state index contributed by atoms with van der Waals surface area (Å²) in [6.45, 7) is 10.3. The second kappa shape index (κ2) is 8.15. The first kappa shape index (κ1) is 20.1. The molecule has 1 aromatic carbocycles. The highest BCUT2D eigenvalue weighted by Gasteiger charge is 2.26. The van der Waals surface area contributed by atoms with Gasteiger partial charge in [-0.05, 0) is 30.2 Å². The third-order valence-corrected chi connectivity index (χ3v) is 5.21. The molecule has 0 bridgehead atoms. The number of rotatable bonds is 3. The van der Waals surface area contributed by atoms with Gasteiger partial charge in [0.2, 0.25) is 0 Å². The summed E-state index contributed by atoms with van der Waals surface area (Å²) in [5.41, 5.74) is 3.34. The molecule has 2 aromatic rings. The molecular weight excluding hydrogens is 350 g/mol. The Morgan fingerprint density at radius 3 is 2.64 bits per heavy atom. The van der Waals surface area contributed by atoms with E-state index >= 15 is 0 Å². The van der Waals surface area contributed by atoms with Crippen molar-refractivity contribution in [2.24, 2.45) is 7.05 Å². The summed E-state index contributed by atoms with van der Waals surface area (Å²) in [5.74, 6) is 0.0545. The van der Waals surface area contributed by atoms with E-state index in [2.05, 4.69) is 42.9 Å². The lowest BCUT2D eigenvalue weighted by atomic mass is 9.92. The fourth-order valence-electron chi connectivity index (χ4n) is 3.53. The Hall–Kier alpha value is -2.65. The number of carbonyl (C=O) groups is 1. The summed E-state index contributed by atoms with van der Waals surface area (Å²) >= 11 is 0. The number of benzene rings is 1. The van der Waals surface area contributed by atoms with E-state index in [4.69, 9.17) is 5.26 Å². The predicted molar refractivity (Wildman–Crippen MR) is 109 cm³/mol. The summed E-state index contributed by atoms with van der Waals surface area (Å²) in [6.07, 6.45) is 0.938. The molecule has 1 saturated heterocycles. The lowest BCUT2D eigenvalue weighted by Crippen LogP contribution is -2.36. The minimum absolute atomic E-state index is 0.0545. The first-order valence-corrected chi connectivity index (χ1v) is 9.83. The van der Waals surface area contributed by atoms with Crippen molar-refractivity contribution in [2.45, 2.75) is 39.2 Å². The van der Waals surface area contributed by atoms with Gasteiger partial charge in [-0.1, -0.05) is 32.9 Å². The molecule has 6 nitrogen and oxygen atoms in total. The number of aryl methyl sites for hydroxylation is 1. The number of nitrogens with zero attached hydrogens (tertiary/aromatic N) is 5. The molecule has 6 heteroatoms. The van der Waals surface area contributed by atoms with Crippen molar-refractivity contribution in [1.82, 2.24) is 19.6 Å². The SMILES string of the molecule is Cn1nc(C(C)(C)C)cc1C(=O)N1CCCN(Cc2cccc(C#N)c2)CC1. The molecule has 0 spiro atoms. The van der Waals surface area contributed by atoms with Crippen LogP contribution in [0, 0.1) is 11.3 Å². The normalized spacial score (nSPS) is 15.9. The standard InChI is InChI=1S/C22H29N5O/c1-22(2,3)20-14-19(25(4)24-20)21(28)27-10-6-9-26(11-12-27)16-18-8-5-7-17(13-18)15-23/h5,7-8,13-14H,6,9-12,16H2,1-4H3. The zero-order valence-corrected chi connectivity index (χ0v) is 17.3. The van der Waals surface area contributed by atoms with Gasteiger partial charge in [0.1, 0.15) is 5.69 Å². The molecule has 1 aromatic heterocycles. The van der Waals surface area contributed by atoms with Crippen LogP contribution in [0.3, 0.4) is 0 Å². The molecule has 1 fully saturated rings. The largest absolute Gasteiger partial charge is 0.336 e. The first-order valence-electron chi connectivity index (χ1n) is 9.83. The van der Waals surface area contributed by atoms with Crippen molar-refractivity contribution in [3.8, 4) is 6.07 Å². The Balaban J connectivity index is 1.66. The monoisotopic (exact) mass is 379 g/mol. The molecule has 0 radical (unpaired) electrons. The number of amides is 1. The van der Waals surface area contributed by atoms with Gasteiger partial charge >= 0.3 is 0 Å². The summed E-state index contributed by atoms with van der Waals surface area (Å²) in [6, 6.07) is 11.9. The van der Waals surface area contributed by atoms with Crippen molar-refractivity contribution >= 4 is 5.91 Å². The fourth-order valence-corrected chi connectivity index (χ4v) is 3.53. The van der Waals surface area contributed by atoms with Gasteiger partial charge in [0.25, 0.3) is 5.91 Å². The third-order valence-electron chi connectivity index (χ3n) is 5.21. The van der Waals surface area contributed by atoms with Crippen LogP contribution in [-0.2, 0) is 19.0 Å². The van der Waals surface area contributed by atoms with E-state index in [1.165, 1.54) is 0 Å². The average Bonchev–Trinajstić information content (AvgIpc) is 2.91. The maximum atomic E-state index is 13.1. The molecule has 2 heterocycles. The highest BCUT2D eigenvalue weighted by molar-refractivity contribution is 5.92. The second-order valence-corrected chi connectivity index (χ2v) is 8.52. The zero-order chi connectivity index (χ0) is 20.3. The first-order chi connectivity index (χ1) is 13.3. The van der Waals surface area contributed by atoms with E-state index in [-0.39, 0.29) is 11.3 Å². The minimum atomic E-state index is -0.0795. The van der Waals surface area contributed by atoms with Gasteiger partial charge in [0.15, 0.2) is 0 Å².